The van der Waals surface area contributed by atoms with Gasteiger partial charge in [-0.2, -0.15) is 0 Å². The number of hydrogen-bond donors (Lipinski definition) is 0. The summed E-state index contributed by atoms with van der Waals surface area (Å²) in [5, 5.41) is 12.0. The Kier molecular flexibility index (Phi) is 6.41. The standard InChI is InChI=1S/C13H11Cl3N2O4S/c14-8-2-3-11(9(15)6-8)22-7-10(19)12(18(20)21)13-17(16)4-1-5-23-13/h2-3,6H,1,4-5,7H2/b13-12+. The fraction of sp³-hybridized carbons (Fsp3) is 0.308. The molecule has 0 unspecified atom stereocenters. The summed E-state index contributed by atoms with van der Waals surface area (Å²) in [6, 6.07) is 4.48. The zero-order valence-corrected chi connectivity index (χ0v) is 14.7. The summed E-state index contributed by atoms with van der Waals surface area (Å²) in [5.74, 6) is 0.0970. The van der Waals surface area contributed by atoms with Crippen molar-refractivity contribution < 1.29 is 14.5 Å². The first-order valence-electron chi connectivity index (χ1n) is 6.46. The summed E-state index contributed by atoms with van der Waals surface area (Å²) in [5.41, 5.74) is -0.574. The molecule has 1 aromatic rings. The fourth-order valence-corrected chi connectivity index (χ4v) is 3.66. The second-order valence-corrected chi connectivity index (χ2v) is 6.82. The summed E-state index contributed by atoms with van der Waals surface area (Å²) >= 11 is 18.8. The fourth-order valence-electron chi connectivity index (χ4n) is 1.83. The second-order valence-electron chi connectivity index (χ2n) is 4.49. The lowest BCUT2D eigenvalue weighted by molar-refractivity contribution is -0.420. The molecule has 10 heteroatoms. The Morgan fingerprint density at radius 3 is 2.78 bits per heavy atom. The number of carbonyl (C=O) groups is 1. The van der Waals surface area contributed by atoms with E-state index in [1.165, 1.54) is 34.4 Å². The van der Waals surface area contributed by atoms with Gasteiger partial charge in [0.05, 0.1) is 9.95 Å². The van der Waals surface area contributed by atoms with E-state index in [1.807, 2.05) is 0 Å². The molecule has 0 amide bonds. The van der Waals surface area contributed by atoms with Crippen molar-refractivity contribution in [3.05, 3.63) is 49.1 Å². The summed E-state index contributed by atoms with van der Waals surface area (Å²) in [4.78, 5) is 22.7. The monoisotopic (exact) mass is 396 g/mol. The number of carbonyl (C=O) groups excluding carboxylic acids is 1. The van der Waals surface area contributed by atoms with Crippen LogP contribution in [0, 0.1) is 10.1 Å². The minimum Gasteiger partial charge on any atom is -0.484 e. The van der Waals surface area contributed by atoms with Gasteiger partial charge in [0, 0.05) is 29.1 Å². The van der Waals surface area contributed by atoms with Gasteiger partial charge in [-0.1, -0.05) is 23.2 Å². The molecule has 2 rings (SSSR count). The van der Waals surface area contributed by atoms with Gasteiger partial charge >= 0.3 is 5.70 Å². The van der Waals surface area contributed by atoms with Gasteiger partial charge in [0.15, 0.2) is 11.6 Å². The second kappa shape index (κ2) is 8.10. The first-order chi connectivity index (χ1) is 10.9. The van der Waals surface area contributed by atoms with E-state index in [9.17, 15) is 14.9 Å². The maximum atomic E-state index is 12.2. The van der Waals surface area contributed by atoms with Gasteiger partial charge < -0.3 is 4.74 Å². The number of ketones is 1. The Morgan fingerprint density at radius 1 is 1.43 bits per heavy atom. The van der Waals surface area contributed by atoms with Crippen LogP contribution < -0.4 is 4.74 Å². The molecule has 0 aliphatic carbocycles. The topological polar surface area (TPSA) is 72.7 Å². The highest BCUT2D eigenvalue weighted by Gasteiger charge is 2.32. The average Bonchev–Trinajstić information content (AvgIpc) is 2.48. The van der Waals surface area contributed by atoms with Gasteiger partial charge in [0.2, 0.25) is 0 Å². The molecule has 124 valence electrons. The SMILES string of the molecule is O=C(COc1ccc(Cl)cc1Cl)/C(=C1\SCCCN1Cl)[N+](=O)[O-]. The van der Waals surface area contributed by atoms with E-state index in [0.717, 1.165) is 6.42 Å². The van der Waals surface area contributed by atoms with E-state index in [0.29, 0.717) is 17.3 Å². The Labute approximate surface area is 151 Å². The molecular weight excluding hydrogens is 387 g/mol. The van der Waals surface area contributed by atoms with Crippen molar-refractivity contribution in [3.63, 3.8) is 0 Å². The van der Waals surface area contributed by atoms with Gasteiger partial charge in [-0.3, -0.25) is 19.3 Å². The molecular formula is C13H11Cl3N2O4S. The van der Waals surface area contributed by atoms with Gasteiger partial charge in [-0.15, -0.1) is 11.8 Å². The molecule has 1 saturated heterocycles. The number of rotatable bonds is 5. The van der Waals surface area contributed by atoms with Crippen LogP contribution in [-0.2, 0) is 4.79 Å². The van der Waals surface area contributed by atoms with E-state index in [1.54, 1.807) is 0 Å². The smallest absolute Gasteiger partial charge is 0.346 e. The normalized spacial score (nSPS) is 16.9. The molecule has 0 spiro atoms. The summed E-state index contributed by atoms with van der Waals surface area (Å²) in [6.45, 7) is -0.0785. The molecule has 0 bridgehead atoms. The number of hydrogen-bond acceptors (Lipinski definition) is 6. The predicted molar refractivity (Wildman–Crippen MR) is 90.6 cm³/mol. The number of nitrogens with zero attached hydrogens (tertiary/aromatic N) is 2. The van der Waals surface area contributed by atoms with Gasteiger partial charge in [-0.25, -0.2) is 0 Å². The Bertz CT molecular complexity index is 669. The zero-order valence-electron chi connectivity index (χ0n) is 11.6. The van der Waals surface area contributed by atoms with E-state index < -0.39 is 23.0 Å². The molecule has 1 fully saturated rings. The number of Topliss-reactive ketones (excluding diaryl/α,β-unsaturated/α-hetero) is 1. The molecule has 1 aromatic carbocycles. The van der Waals surface area contributed by atoms with Crippen LogP contribution in [0.1, 0.15) is 6.42 Å². The van der Waals surface area contributed by atoms with Crippen LogP contribution in [0.25, 0.3) is 0 Å². The van der Waals surface area contributed by atoms with Crippen LogP contribution in [0.4, 0.5) is 0 Å². The molecule has 0 saturated carbocycles. The first-order valence-corrected chi connectivity index (χ1v) is 8.54. The Balaban J connectivity index is 2.16. The van der Waals surface area contributed by atoms with E-state index in [4.69, 9.17) is 39.7 Å². The molecule has 0 radical (unpaired) electrons. The predicted octanol–water partition coefficient (Wildman–Crippen LogP) is 3.98. The van der Waals surface area contributed by atoms with Crippen LogP contribution >= 0.6 is 46.7 Å². The molecule has 1 heterocycles. The van der Waals surface area contributed by atoms with Gasteiger partial charge in [0.25, 0.3) is 5.78 Å². The van der Waals surface area contributed by atoms with Crippen LogP contribution in [0.2, 0.25) is 10.0 Å². The van der Waals surface area contributed by atoms with E-state index in [2.05, 4.69) is 0 Å². The lowest BCUT2D eigenvalue weighted by Crippen LogP contribution is -2.27. The third-order valence-electron chi connectivity index (χ3n) is 2.86. The van der Waals surface area contributed by atoms with Crippen molar-refractivity contribution in [2.24, 2.45) is 0 Å². The van der Waals surface area contributed by atoms with Crippen molar-refractivity contribution in [1.29, 1.82) is 0 Å². The summed E-state index contributed by atoms with van der Waals surface area (Å²) in [6.07, 6.45) is 0.785. The maximum absolute atomic E-state index is 12.2. The maximum Gasteiger partial charge on any atom is 0.346 e. The van der Waals surface area contributed by atoms with Crippen LogP contribution in [0.5, 0.6) is 5.75 Å². The molecule has 0 aromatic heterocycles. The lowest BCUT2D eigenvalue weighted by Gasteiger charge is -2.22. The highest BCUT2D eigenvalue weighted by atomic mass is 35.5. The van der Waals surface area contributed by atoms with Crippen molar-refractivity contribution in [2.75, 3.05) is 18.9 Å². The highest BCUT2D eigenvalue weighted by Crippen LogP contribution is 2.32. The zero-order chi connectivity index (χ0) is 17.0. The Morgan fingerprint density at radius 2 is 2.17 bits per heavy atom. The minimum atomic E-state index is -0.781. The summed E-state index contributed by atoms with van der Waals surface area (Å²) in [7, 11) is 0. The van der Waals surface area contributed by atoms with Gasteiger partial charge in [0.1, 0.15) is 5.75 Å². The van der Waals surface area contributed by atoms with Crippen molar-refractivity contribution in [3.8, 4) is 5.75 Å². The van der Waals surface area contributed by atoms with Crippen LogP contribution in [-0.4, -0.2) is 34.0 Å². The quantitative estimate of drug-likeness (QED) is 0.324. The van der Waals surface area contributed by atoms with Crippen molar-refractivity contribution in [1.82, 2.24) is 4.42 Å². The van der Waals surface area contributed by atoms with Gasteiger partial charge in [-0.05, 0) is 24.6 Å². The third-order valence-corrected chi connectivity index (χ3v) is 5.01. The first kappa shape index (κ1) is 18.2. The lowest BCUT2D eigenvalue weighted by atomic mass is 10.3. The number of nitro groups is 1. The van der Waals surface area contributed by atoms with Crippen molar-refractivity contribution in [2.45, 2.75) is 6.42 Å². The third kappa shape index (κ3) is 4.67. The molecule has 6 nitrogen and oxygen atoms in total. The molecule has 1 aliphatic heterocycles. The molecule has 0 atom stereocenters. The Hall–Kier alpha value is -1.15. The number of thioether (sulfide) groups is 1. The highest BCUT2D eigenvalue weighted by molar-refractivity contribution is 8.03. The number of benzene rings is 1. The molecule has 1 aliphatic rings. The number of halogens is 3. The number of ether oxygens (including phenoxy) is 1. The largest absolute Gasteiger partial charge is 0.484 e. The minimum absolute atomic E-state index is 0.138. The summed E-state index contributed by atoms with van der Waals surface area (Å²) < 4.78 is 6.46. The molecule has 23 heavy (non-hydrogen) atoms. The van der Waals surface area contributed by atoms with E-state index in [-0.39, 0.29) is 15.8 Å². The van der Waals surface area contributed by atoms with Crippen molar-refractivity contribution >= 4 is 52.5 Å². The van der Waals surface area contributed by atoms with Crippen LogP contribution in [0.15, 0.2) is 28.9 Å². The average molecular weight is 398 g/mol. The van der Waals surface area contributed by atoms with E-state index >= 15 is 0 Å². The molecule has 0 N–H and O–H groups in total. The van der Waals surface area contributed by atoms with Crippen LogP contribution in [0.3, 0.4) is 0 Å².